The van der Waals surface area contributed by atoms with Crippen LogP contribution in [0.4, 0.5) is 5.69 Å². The van der Waals surface area contributed by atoms with Crippen molar-refractivity contribution in [3.63, 3.8) is 0 Å². The Morgan fingerprint density at radius 3 is 3.05 bits per heavy atom. The molecule has 1 fully saturated rings. The van der Waals surface area contributed by atoms with Gasteiger partial charge in [0, 0.05) is 24.8 Å². The van der Waals surface area contributed by atoms with Gasteiger partial charge in [0.1, 0.15) is 5.75 Å². The molecule has 0 aromatic heterocycles. The van der Waals surface area contributed by atoms with Gasteiger partial charge in [0.25, 0.3) is 0 Å². The van der Waals surface area contributed by atoms with Crippen LogP contribution in [0.1, 0.15) is 12.8 Å². The molecular weight excluding hydrogens is 274 g/mol. The topological polar surface area (TPSA) is 67.6 Å². The zero-order chi connectivity index (χ0) is 14.5. The van der Waals surface area contributed by atoms with Crippen LogP contribution in [0.25, 0.3) is 0 Å². The maximum atomic E-state index is 11.3. The zero-order valence-electron chi connectivity index (χ0n) is 11.5. The van der Waals surface area contributed by atoms with Crippen molar-refractivity contribution >= 4 is 28.9 Å². The van der Waals surface area contributed by atoms with E-state index < -0.39 is 0 Å². The summed E-state index contributed by atoms with van der Waals surface area (Å²) in [6.45, 7) is 1.44. The molecule has 108 valence electrons. The monoisotopic (exact) mass is 293 g/mol. The number of thiocarbonyl (C=S) groups is 1. The molecule has 1 atom stereocenters. The largest absolute Gasteiger partial charge is 0.497 e. The highest BCUT2D eigenvalue weighted by Gasteiger charge is 2.25. The first-order valence-electron chi connectivity index (χ1n) is 6.59. The van der Waals surface area contributed by atoms with Crippen LogP contribution >= 0.6 is 12.2 Å². The summed E-state index contributed by atoms with van der Waals surface area (Å²) in [5, 5.41) is 3.79. The van der Waals surface area contributed by atoms with E-state index in [-0.39, 0.29) is 11.8 Å². The van der Waals surface area contributed by atoms with Crippen molar-refractivity contribution in [2.45, 2.75) is 12.8 Å². The fourth-order valence-corrected chi connectivity index (χ4v) is 2.58. The van der Waals surface area contributed by atoms with Gasteiger partial charge in [-0.15, -0.1) is 0 Å². The van der Waals surface area contributed by atoms with E-state index in [1.807, 2.05) is 29.2 Å². The van der Waals surface area contributed by atoms with Crippen LogP contribution in [0.5, 0.6) is 5.75 Å². The third kappa shape index (κ3) is 3.60. The smallest absolute Gasteiger partial charge is 0.222 e. The molecule has 0 unspecified atom stereocenters. The highest BCUT2D eigenvalue weighted by atomic mass is 32.1. The molecule has 1 amide bonds. The molecule has 0 aliphatic carbocycles. The fraction of sp³-hybridized carbons (Fsp3) is 0.429. The van der Waals surface area contributed by atoms with Gasteiger partial charge in [-0.25, -0.2) is 0 Å². The Bertz CT molecular complexity index is 507. The number of rotatable bonds is 3. The van der Waals surface area contributed by atoms with E-state index >= 15 is 0 Å². The van der Waals surface area contributed by atoms with E-state index in [4.69, 9.17) is 22.7 Å². The Morgan fingerprint density at radius 1 is 1.55 bits per heavy atom. The highest BCUT2D eigenvalue weighted by Crippen LogP contribution is 2.20. The molecule has 1 aromatic carbocycles. The molecule has 20 heavy (non-hydrogen) atoms. The van der Waals surface area contributed by atoms with Gasteiger partial charge < -0.3 is 20.7 Å². The number of carbonyl (C=O) groups excluding carboxylic acids is 1. The number of ether oxygens (including phenoxy) is 1. The average Bonchev–Trinajstić information content (AvgIpc) is 2.47. The lowest BCUT2D eigenvalue weighted by Crippen LogP contribution is -2.45. The predicted octanol–water partition coefficient (Wildman–Crippen LogP) is 1.59. The van der Waals surface area contributed by atoms with Gasteiger partial charge in [-0.3, -0.25) is 4.79 Å². The summed E-state index contributed by atoms with van der Waals surface area (Å²) in [6, 6.07) is 7.57. The minimum atomic E-state index is -0.251. The summed E-state index contributed by atoms with van der Waals surface area (Å²) in [5.74, 6) is 0.402. The van der Waals surface area contributed by atoms with Crippen molar-refractivity contribution in [1.82, 2.24) is 4.90 Å². The van der Waals surface area contributed by atoms with Crippen molar-refractivity contribution in [2.75, 3.05) is 25.5 Å². The first-order chi connectivity index (χ1) is 9.60. The minimum Gasteiger partial charge on any atom is -0.497 e. The van der Waals surface area contributed by atoms with Gasteiger partial charge in [0.15, 0.2) is 5.11 Å². The number of piperidine rings is 1. The lowest BCUT2D eigenvalue weighted by molar-refractivity contribution is -0.122. The fourth-order valence-electron chi connectivity index (χ4n) is 2.30. The summed E-state index contributed by atoms with van der Waals surface area (Å²) in [4.78, 5) is 13.3. The van der Waals surface area contributed by atoms with Crippen LogP contribution in [0.15, 0.2) is 24.3 Å². The third-order valence-electron chi connectivity index (χ3n) is 3.43. The number of methoxy groups -OCH3 is 1. The molecule has 1 aliphatic rings. The number of likely N-dealkylation sites (tertiary alicyclic amines) is 1. The number of hydrogen-bond acceptors (Lipinski definition) is 3. The van der Waals surface area contributed by atoms with E-state index in [0.29, 0.717) is 11.7 Å². The standard InChI is InChI=1S/C14H19N3O2S/c1-19-12-6-2-5-11(8-12)16-14(20)17-7-3-4-10(9-17)13(15)18/h2,5-6,8,10H,3-4,7,9H2,1H3,(H2,15,18)(H,16,20)/t10-/m0/s1. The molecule has 5 nitrogen and oxygen atoms in total. The summed E-state index contributed by atoms with van der Waals surface area (Å²) >= 11 is 5.40. The first-order valence-corrected chi connectivity index (χ1v) is 7.00. The molecule has 0 saturated carbocycles. The number of amides is 1. The number of anilines is 1. The van der Waals surface area contributed by atoms with Crippen LogP contribution in [-0.4, -0.2) is 36.1 Å². The van der Waals surface area contributed by atoms with Crippen LogP contribution in [0.2, 0.25) is 0 Å². The Morgan fingerprint density at radius 2 is 2.35 bits per heavy atom. The molecular formula is C14H19N3O2S. The average molecular weight is 293 g/mol. The number of nitrogens with two attached hydrogens (primary N) is 1. The number of carbonyl (C=O) groups is 1. The van der Waals surface area contributed by atoms with Gasteiger partial charge in [0.2, 0.25) is 5.91 Å². The van der Waals surface area contributed by atoms with Crippen molar-refractivity contribution in [3.05, 3.63) is 24.3 Å². The third-order valence-corrected chi connectivity index (χ3v) is 3.79. The Hall–Kier alpha value is -1.82. The van der Waals surface area contributed by atoms with Crippen LogP contribution in [-0.2, 0) is 4.79 Å². The Labute approximate surface area is 124 Å². The van der Waals surface area contributed by atoms with Crippen LogP contribution < -0.4 is 15.8 Å². The van der Waals surface area contributed by atoms with E-state index in [2.05, 4.69) is 5.32 Å². The molecule has 0 radical (unpaired) electrons. The summed E-state index contributed by atoms with van der Waals surface area (Å²) in [6.07, 6.45) is 1.77. The normalized spacial score (nSPS) is 18.4. The second-order valence-corrected chi connectivity index (χ2v) is 5.24. The van der Waals surface area contributed by atoms with Crippen molar-refractivity contribution in [1.29, 1.82) is 0 Å². The quantitative estimate of drug-likeness (QED) is 0.828. The summed E-state index contributed by atoms with van der Waals surface area (Å²) in [5.41, 5.74) is 6.25. The first kappa shape index (κ1) is 14.6. The van der Waals surface area contributed by atoms with Crippen molar-refractivity contribution in [3.8, 4) is 5.75 Å². The molecule has 0 spiro atoms. The molecule has 3 N–H and O–H groups in total. The minimum absolute atomic E-state index is 0.117. The van der Waals surface area contributed by atoms with Gasteiger partial charge >= 0.3 is 0 Å². The van der Waals surface area contributed by atoms with Crippen LogP contribution in [0.3, 0.4) is 0 Å². The van der Waals surface area contributed by atoms with E-state index in [1.54, 1.807) is 7.11 Å². The molecule has 1 aromatic rings. The van der Waals surface area contributed by atoms with Crippen molar-refractivity contribution < 1.29 is 9.53 Å². The molecule has 1 aliphatic heterocycles. The number of nitrogens with one attached hydrogen (secondary N) is 1. The lowest BCUT2D eigenvalue weighted by atomic mass is 9.98. The Balaban J connectivity index is 1.98. The van der Waals surface area contributed by atoms with Crippen LogP contribution in [0, 0.1) is 5.92 Å². The van der Waals surface area contributed by atoms with Gasteiger partial charge in [-0.05, 0) is 37.2 Å². The predicted molar refractivity (Wildman–Crippen MR) is 82.7 cm³/mol. The highest BCUT2D eigenvalue weighted by molar-refractivity contribution is 7.80. The zero-order valence-corrected chi connectivity index (χ0v) is 12.3. The van der Waals surface area contributed by atoms with Gasteiger partial charge in [-0.2, -0.15) is 0 Å². The maximum absolute atomic E-state index is 11.3. The Kier molecular flexibility index (Phi) is 4.79. The molecule has 2 rings (SSSR count). The van der Waals surface area contributed by atoms with Gasteiger partial charge in [0.05, 0.1) is 13.0 Å². The number of primary amides is 1. The SMILES string of the molecule is COc1cccc(NC(=S)N2CCC[C@H](C(N)=O)C2)c1. The van der Waals surface area contributed by atoms with E-state index in [1.165, 1.54) is 0 Å². The second kappa shape index (κ2) is 6.56. The molecule has 1 heterocycles. The second-order valence-electron chi connectivity index (χ2n) is 4.85. The number of benzene rings is 1. The molecule has 6 heteroatoms. The number of nitrogens with zero attached hydrogens (tertiary/aromatic N) is 1. The van der Waals surface area contributed by atoms with Crippen molar-refractivity contribution in [2.24, 2.45) is 11.7 Å². The molecule has 1 saturated heterocycles. The summed E-state index contributed by atoms with van der Waals surface area (Å²) in [7, 11) is 1.62. The molecule has 0 bridgehead atoms. The number of hydrogen-bond donors (Lipinski definition) is 2. The summed E-state index contributed by atoms with van der Waals surface area (Å²) < 4.78 is 5.17. The van der Waals surface area contributed by atoms with Gasteiger partial charge in [-0.1, -0.05) is 6.07 Å². The van der Waals surface area contributed by atoms with E-state index in [9.17, 15) is 4.79 Å². The maximum Gasteiger partial charge on any atom is 0.222 e. The lowest BCUT2D eigenvalue weighted by Gasteiger charge is -2.33. The van der Waals surface area contributed by atoms with E-state index in [0.717, 1.165) is 30.8 Å².